The van der Waals surface area contributed by atoms with Crippen molar-refractivity contribution in [3.05, 3.63) is 59.4 Å². The van der Waals surface area contributed by atoms with Crippen LogP contribution in [0.25, 0.3) is 10.9 Å². The van der Waals surface area contributed by atoms with E-state index in [0.29, 0.717) is 0 Å². The molecule has 0 spiro atoms. The average Bonchev–Trinajstić information content (AvgIpc) is 3.01. The lowest BCUT2D eigenvalue weighted by molar-refractivity contribution is 0.120. The number of rotatable bonds is 4. The average molecular weight is 340 g/mol. The molecule has 1 aliphatic rings. The van der Waals surface area contributed by atoms with Crippen molar-refractivity contribution >= 4 is 10.9 Å². The zero-order valence-electron chi connectivity index (χ0n) is 14.3. The first-order valence-electron chi connectivity index (χ1n) is 8.57. The van der Waals surface area contributed by atoms with Crippen molar-refractivity contribution in [2.75, 3.05) is 26.2 Å². The van der Waals surface area contributed by atoms with E-state index in [1.165, 1.54) is 0 Å². The van der Waals surface area contributed by atoms with Crippen LogP contribution in [0.4, 0.5) is 4.39 Å². The largest absolute Gasteiger partial charge is 0.361 e. The minimum absolute atomic E-state index is 0.199. The van der Waals surface area contributed by atoms with Gasteiger partial charge < -0.3 is 4.52 Å². The third-order valence-electron chi connectivity index (χ3n) is 4.67. The van der Waals surface area contributed by atoms with Crippen LogP contribution in [0.3, 0.4) is 0 Å². The molecule has 0 saturated carbocycles. The Labute approximate surface area is 146 Å². The van der Waals surface area contributed by atoms with E-state index in [0.717, 1.165) is 67.2 Å². The SMILES string of the molecule is Cc1cc(CN2CCN(Cc3cc(F)cc4cccnc34)CC2)no1. The van der Waals surface area contributed by atoms with Gasteiger partial charge in [0, 0.05) is 56.9 Å². The fourth-order valence-electron chi connectivity index (χ4n) is 3.42. The Hall–Kier alpha value is -2.31. The second-order valence-corrected chi connectivity index (χ2v) is 6.62. The topological polar surface area (TPSA) is 45.4 Å². The summed E-state index contributed by atoms with van der Waals surface area (Å²) in [6.07, 6.45) is 1.77. The van der Waals surface area contributed by atoms with E-state index in [2.05, 4.69) is 19.9 Å². The summed E-state index contributed by atoms with van der Waals surface area (Å²) < 4.78 is 19.0. The van der Waals surface area contributed by atoms with E-state index in [1.807, 2.05) is 25.1 Å². The molecular weight excluding hydrogens is 319 g/mol. The maximum absolute atomic E-state index is 13.9. The second-order valence-electron chi connectivity index (χ2n) is 6.62. The number of pyridine rings is 1. The normalized spacial score (nSPS) is 16.6. The number of halogens is 1. The van der Waals surface area contributed by atoms with Crippen molar-refractivity contribution in [3.63, 3.8) is 0 Å². The quantitative estimate of drug-likeness (QED) is 0.731. The zero-order chi connectivity index (χ0) is 17.2. The number of nitrogens with zero attached hydrogens (tertiary/aromatic N) is 4. The number of aromatic nitrogens is 2. The van der Waals surface area contributed by atoms with Crippen LogP contribution in [0.2, 0.25) is 0 Å². The standard InChI is InChI=1S/C19H21FN4O/c1-14-9-18(22-25-14)13-24-7-5-23(6-8-24)12-16-11-17(20)10-15-3-2-4-21-19(15)16/h2-4,9-11H,5-8,12-13H2,1H3. The Morgan fingerprint density at radius 3 is 2.56 bits per heavy atom. The first kappa shape index (κ1) is 16.2. The number of benzene rings is 1. The van der Waals surface area contributed by atoms with Crippen LogP contribution >= 0.6 is 0 Å². The highest BCUT2D eigenvalue weighted by molar-refractivity contribution is 5.81. The number of fused-ring (bicyclic) bond motifs is 1. The highest BCUT2D eigenvalue weighted by Gasteiger charge is 2.19. The van der Waals surface area contributed by atoms with Crippen molar-refractivity contribution in [3.8, 4) is 0 Å². The summed E-state index contributed by atoms with van der Waals surface area (Å²) in [6.45, 7) is 7.27. The minimum Gasteiger partial charge on any atom is -0.361 e. The van der Waals surface area contributed by atoms with Gasteiger partial charge in [-0.05, 0) is 30.7 Å². The number of aryl methyl sites for hydroxylation is 1. The van der Waals surface area contributed by atoms with Gasteiger partial charge in [0.1, 0.15) is 11.6 Å². The maximum Gasteiger partial charge on any atom is 0.133 e. The van der Waals surface area contributed by atoms with E-state index < -0.39 is 0 Å². The van der Waals surface area contributed by atoms with Crippen molar-refractivity contribution in [2.45, 2.75) is 20.0 Å². The van der Waals surface area contributed by atoms with Crippen molar-refractivity contribution < 1.29 is 8.91 Å². The Balaban J connectivity index is 1.40. The van der Waals surface area contributed by atoms with Crippen LogP contribution in [0, 0.1) is 12.7 Å². The molecule has 130 valence electrons. The smallest absolute Gasteiger partial charge is 0.133 e. The molecule has 0 N–H and O–H groups in total. The summed E-state index contributed by atoms with van der Waals surface area (Å²) in [5.74, 6) is 0.648. The van der Waals surface area contributed by atoms with E-state index in [4.69, 9.17) is 4.52 Å². The molecule has 0 aliphatic carbocycles. The molecule has 0 bridgehead atoms. The van der Waals surface area contributed by atoms with Gasteiger partial charge in [0.05, 0.1) is 11.2 Å². The fraction of sp³-hybridized carbons (Fsp3) is 0.368. The summed E-state index contributed by atoms with van der Waals surface area (Å²) in [7, 11) is 0. The van der Waals surface area contributed by atoms with Crippen LogP contribution in [-0.2, 0) is 13.1 Å². The Morgan fingerprint density at radius 1 is 1.08 bits per heavy atom. The first-order valence-corrected chi connectivity index (χ1v) is 8.57. The third-order valence-corrected chi connectivity index (χ3v) is 4.67. The van der Waals surface area contributed by atoms with Crippen LogP contribution < -0.4 is 0 Å². The molecule has 25 heavy (non-hydrogen) atoms. The van der Waals surface area contributed by atoms with E-state index in [-0.39, 0.29) is 5.82 Å². The van der Waals surface area contributed by atoms with E-state index in [1.54, 1.807) is 18.3 Å². The maximum atomic E-state index is 13.9. The molecule has 1 aliphatic heterocycles. The molecule has 0 atom stereocenters. The second kappa shape index (κ2) is 6.90. The zero-order valence-corrected chi connectivity index (χ0v) is 14.3. The molecule has 3 aromatic rings. The molecule has 1 saturated heterocycles. The molecule has 5 nitrogen and oxygen atoms in total. The van der Waals surface area contributed by atoms with Gasteiger partial charge in [-0.3, -0.25) is 14.8 Å². The van der Waals surface area contributed by atoms with Gasteiger partial charge in [-0.25, -0.2) is 4.39 Å². The summed E-state index contributed by atoms with van der Waals surface area (Å²) in [5.41, 5.74) is 2.83. The molecule has 0 amide bonds. The lowest BCUT2D eigenvalue weighted by atomic mass is 10.1. The minimum atomic E-state index is -0.199. The predicted octanol–water partition coefficient (Wildman–Crippen LogP) is 2.99. The fourth-order valence-corrected chi connectivity index (χ4v) is 3.42. The van der Waals surface area contributed by atoms with Gasteiger partial charge in [0.25, 0.3) is 0 Å². The summed E-state index contributed by atoms with van der Waals surface area (Å²) in [4.78, 5) is 9.16. The van der Waals surface area contributed by atoms with E-state index >= 15 is 0 Å². The lowest BCUT2D eigenvalue weighted by Crippen LogP contribution is -2.45. The van der Waals surface area contributed by atoms with Gasteiger partial charge in [-0.2, -0.15) is 0 Å². The molecule has 2 aromatic heterocycles. The molecule has 3 heterocycles. The van der Waals surface area contributed by atoms with Crippen LogP contribution in [0.1, 0.15) is 17.0 Å². The van der Waals surface area contributed by atoms with Crippen LogP contribution in [0.15, 0.2) is 41.1 Å². The van der Waals surface area contributed by atoms with Gasteiger partial charge in [-0.15, -0.1) is 0 Å². The van der Waals surface area contributed by atoms with Crippen molar-refractivity contribution in [2.24, 2.45) is 0 Å². The number of hydrogen-bond donors (Lipinski definition) is 0. The van der Waals surface area contributed by atoms with Gasteiger partial charge in [0.2, 0.25) is 0 Å². The van der Waals surface area contributed by atoms with Crippen LogP contribution in [0.5, 0.6) is 0 Å². The molecule has 1 aromatic carbocycles. The Kier molecular flexibility index (Phi) is 4.46. The highest BCUT2D eigenvalue weighted by Crippen LogP contribution is 2.21. The molecule has 0 unspecified atom stereocenters. The summed E-state index contributed by atoms with van der Waals surface area (Å²) in [5, 5.41) is 4.92. The van der Waals surface area contributed by atoms with Gasteiger partial charge in [-0.1, -0.05) is 11.2 Å². The van der Waals surface area contributed by atoms with Crippen molar-refractivity contribution in [1.29, 1.82) is 0 Å². The number of piperazine rings is 1. The van der Waals surface area contributed by atoms with Crippen molar-refractivity contribution in [1.82, 2.24) is 19.9 Å². The number of hydrogen-bond acceptors (Lipinski definition) is 5. The Bertz CT molecular complexity index is 871. The van der Waals surface area contributed by atoms with E-state index in [9.17, 15) is 4.39 Å². The molecular formula is C19H21FN4O. The molecule has 6 heteroatoms. The van der Waals surface area contributed by atoms with Crippen LogP contribution in [-0.4, -0.2) is 46.1 Å². The lowest BCUT2D eigenvalue weighted by Gasteiger charge is -2.34. The van der Waals surface area contributed by atoms with Gasteiger partial charge >= 0.3 is 0 Å². The summed E-state index contributed by atoms with van der Waals surface area (Å²) >= 11 is 0. The predicted molar refractivity (Wildman–Crippen MR) is 93.5 cm³/mol. The summed E-state index contributed by atoms with van der Waals surface area (Å²) in [6, 6.07) is 8.89. The first-order chi connectivity index (χ1) is 12.2. The highest BCUT2D eigenvalue weighted by atomic mass is 19.1. The molecule has 0 radical (unpaired) electrons. The molecule has 4 rings (SSSR count). The molecule has 1 fully saturated rings. The third kappa shape index (κ3) is 3.70. The Morgan fingerprint density at radius 2 is 1.84 bits per heavy atom. The monoisotopic (exact) mass is 340 g/mol. The van der Waals surface area contributed by atoms with Gasteiger partial charge in [0.15, 0.2) is 0 Å².